The van der Waals surface area contributed by atoms with E-state index < -0.39 is 0 Å². The van der Waals surface area contributed by atoms with Crippen LogP contribution < -0.4 is 0 Å². The molecule has 6 nitrogen and oxygen atoms in total. The summed E-state index contributed by atoms with van der Waals surface area (Å²) < 4.78 is 2.11. The Bertz CT molecular complexity index is 1110. The topological polar surface area (TPSA) is 49.0 Å². The van der Waals surface area contributed by atoms with Gasteiger partial charge in [-0.2, -0.15) is 0 Å². The lowest BCUT2D eigenvalue weighted by atomic mass is 9.94. The smallest absolute Gasteiger partial charge is 0.160 e. The molecule has 0 N–H and O–H groups in total. The normalized spacial score (nSPS) is 12.0. The third kappa shape index (κ3) is 5.43. The molecule has 0 fully saturated rings. The fraction of sp³-hybridized carbons (Fsp3) is 0.423. The molecule has 0 unspecified atom stereocenters. The Labute approximate surface area is 192 Å². The van der Waals surface area contributed by atoms with E-state index in [0.717, 1.165) is 55.4 Å². The molecule has 0 bridgehead atoms. The minimum absolute atomic E-state index is 0.752. The molecule has 0 aliphatic heterocycles. The van der Waals surface area contributed by atoms with Gasteiger partial charge in [0.25, 0.3) is 0 Å². The number of aliphatic imine (C=N–C) groups is 1. The quantitative estimate of drug-likeness (QED) is 0.359. The van der Waals surface area contributed by atoms with Gasteiger partial charge in [0, 0.05) is 25.5 Å². The second kappa shape index (κ2) is 10.6. The molecule has 32 heavy (non-hydrogen) atoms. The lowest BCUT2D eigenvalue weighted by Crippen LogP contribution is -2.28. The van der Waals surface area contributed by atoms with Crippen molar-refractivity contribution in [3.8, 4) is 11.1 Å². The average Bonchev–Trinajstić information content (AvgIpc) is 3.17. The van der Waals surface area contributed by atoms with E-state index in [0.29, 0.717) is 0 Å². The molecule has 2 aromatic heterocycles. The van der Waals surface area contributed by atoms with Crippen LogP contribution in [0.2, 0.25) is 0 Å². The van der Waals surface area contributed by atoms with Crippen LogP contribution in [0.1, 0.15) is 44.1 Å². The number of aromatic nitrogens is 3. The Hall–Kier alpha value is -2.99. The van der Waals surface area contributed by atoms with Crippen LogP contribution in [0.5, 0.6) is 0 Å². The van der Waals surface area contributed by atoms with Crippen molar-refractivity contribution < 1.29 is 0 Å². The molecule has 3 rings (SSSR count). The maximum absolute atomic E-state index is 4.38. The first kappa shape index (κ1) is 23.7. The van der Waals surface area contributed by atoms with Crippen LogP contribution in [0.15, 0.2) is 53.8 Å². The summed E-state index contributed by atoms with van der Waals surface area (Å²) >= 11 is 0. The van der Waals surface area contributed by atoms with Gasteiger partial charge in [-0.1, -0.05) is 31.7 Å². The second-order valence-corrected chi connectivity index (χ2v) is 8.61. The van der Waals surface area contributed by atoms with E-state index in [4.69, 9.17) is 0 Å². The van der Waals surface area contributed by atoms with E-state index >= 15 is 0 Å². The third-order valence-corrected chi connectivity index (χ3v) is 5.83. The number of amidine groups is 1. The van der Waals surface area contributed by atoms with Gasteiger partial charge in [-0.25, -0.2) is 0 Å². The molecule has 1 aromatic carbocycles. The monoisotopic (exact) mass is 432 g/mol. The summed E-state index contributed by atoms with van der Waals surface area (Å²) in [4.78, 5) is 8.64. The third-order valence-electron chi connectivity index (χ3n) is 5.83. The van der Waals surface area contributed by atoms with Crippen molar-refractivity contribution in [1.29, 1.82) is 0 Å². The average molecular weight is 433 g/mol. The first-order valence-corrected chi connectivity index (χ1v) is 11.3. The molecule has 6 heteroatoms. The maximum atomic E-state index is 4.38. The van der Waals surface area contributed by atoms with Gasteiger partial charge < -0.3 is 9.80 Å². The Morgan fingerprint density at radius 1 is 1.12 bits per heavy atom. The van der Waals surface area contributed by atoms with Crippen LogP contribution in [0.4, 0.5) is 0 Å². The maximum Gasteiger partial charge on any atom is 0.160 e. The van der Waals surface area contributed by atoms with E-state index in [9.17, 15) is 0 Å². The zero-order chi connectivity index (χ0) is 23.3. The first-order chi connectivity index (χ1) is 15.3. The summed E-state index contributed by atoms with van der Waals surface area (Å²) in [6, 6.07) is 11.1. The SMILES string of the molecule is C=C(C)N(CCCc1ccc(CC)cc1-c1ccc2nnc(CN(C)C)n2c1)C(C)=NC. The molecule has 0 saturated carbocycles. The highest BCUT2D eigenvalue weighted by molar-refractivity contribution is 5.81. The van der Waals surface area contributed by atoms with Crippen molar-refractivity contribution in [2.75, 3.05) is 27.7 Å². The summed E-state index contributed by atoms with van der Waals surface area (Å²) in [5, 5.41) is 8.72. The molecule has 0 aliphatic rings. The molecular formula is C26H36N6. The zero-order valence-corrected chi connectivity index (χ0v) is 20.4. The van der Waals surface area contributed by atoms with Gasteiger partial charge in [-0.3, -0.25) is 9.39 Å². The number of benzene rings is 1. The lowest BCUT2D eigenvalue weighted by Gasteiger charge is -2.24. The lowest BCUT2D eigenvalue weighted by molar-refractivity contribution is 0.388. The van der Waals surface area contributed by atoms with Gasteiger partial charge in [0.1, 0.15) is 0 Å². The Balaban J connectivity index is 1.92. The fourth-order valence-electron chi connectivity index (χ4n) is 4.00. The predicted molar refractivity (Wildman–Crippen MR) is 134 cm³/mol. The number of aryl methyl sites for hydroxylation is 2. The van der Waals surface area contributed by atoms with Crippen LogP contribution in [-0.2, 0) is 19.4 Å². The van der Waals surface area contributed by atoms with Gasteiger partial charge >= 0.3 is 0 Å². The zero-order valence-electron chi connectivity index (χ0n) is 20.4. The molecule has 170 valence electrons. The Morgan fingerprint density at radius 3 is 2.56 bits per heavy atom. The summed E-state index contributed by atoms with van der Waals surface area (Å²) in [5.74, 6) is 1.96. The highest BCUT2D eigenvalue weighted by Crippen LogP contribution is 2.27. The van der Waals surface area contributed by atoms with Gasteiger partial charge in [-0.05, 0) is 81.6 Å². The van der Waals surface area contributed by atoms with Crippen LogP contribution in [0, 0.1) is 0 Å². The molecule has 0 aliphatic carbocycles. The van der Waals surface area contributed by atoms with Crippen molar-refractivity contribution >= 4 is 11.5 Å². The van der Waals surface area contributed by atoms with Crippen LogP contribution >= 0.6 is 0 Å². The summed E-state index contributed by atoms with van der Waals surface area (Å²) in [6.45, 7) is 12.1. The number of allylic oxidation sites excluding steroid dienone is 1. The van der Waals surface area contributed by atoms with Crippen molar-refractivity contribution in [2.45, 2.75) is 46.6 Å². The van der Waals surface area contributed by atoms with Gasteiger partial charge in [0.15, 0.2) is 11.5 Å². The number of hydrogen-bond donors (Lipinski definition) is 0. The van der Waals surface area contributed by atoms with Crippen molar-refractivity contribution in [3.05, 3.63) is 65.8 Å². The van der Waals surface area contributed by atoms with Crippen molar-refractivity contribution in [1.82, 2.24) is 24.4 Å². The van der Waals surface area contributed by atoms with E-state index in [1.807, 2.05) is 35.0 Å². The van der Waals surface area contributed by atoms with E-state index in [-0.39, 0.29) is 0 Å². The van der Waals surface area contributed by atoms with Crippen molar-refractivity contribution in [2.24, 2.45) is 4.99 Å². The minimum Gasteiger partial charge on any atom is -0.335 e. The molecule has 0 spiro atoms. The molecule has 0 radical (unpaired) electrons. The Kier molecular flexibility index (Phi) is 7.80. The molecule has 0 amide bonds. The van der Waals surface area contributed by atoms with Crippen molar-refractivity contribution in [3.63, 3.8) is 0 Å². The van der Waals surface area contributed by atoms with E-state index in [1.165, 1.54) is 22.3 Å². The standard InChI is InChI=1S/C26H36N6/c1-8-21-11-12-22(10-9-15-31(19(2)3)20(4)27-5)24(16-21)23-13-14-25-28-29-26(18-30(6)7)32(25)17-23/h11-14,16-17H,2,8-10,15,18H2,1,3-7H3. The fourth-order valence-corrected chi connectivity index (χ4v) is 4.00. The van der Waals surface area contributed by atoms with Gasteiger partial charge in [0.05, 0.1) is 12.4 Å². The number of rotatable bonds is 9. The number of pyridine rings is 1. The Morgan fingerprint density at radius 2 is 1.91 bits per heavy atom. The minimum atomic E-state index is 0.752. The molecule has 2 heterocycles. The molecule has 3 aromatic rings. The predicted octanol–water partition coefficient (Wildman–Crippen LogP) is 4.84. The largest absolute Gasteiger partial charge is 0.335 e. The number of nitrogens with zero attached hydrogens (tertiary/aromatic N) is 6. The molecule has 0 atom stereocenters. The van der Waals surface area contributed by atoms with Gasteiger partial charge in [-0.15, -0.1) is 10.2 Å². The summed E-state index contributed by atoms with van der Waals surface area (Å²) in [5.41, 5.74) is 7.10. The van der Waals surface area contributed by atoms with Gasteiger partial charge in [0.2, 0.25) is 0 Å². The van der Waals surface area contributed by atoms with Crippen LogP contribution in [-0.4, -0.2) is 57.9 Å². The van der Waals surface area contributed by atoms with Crippen LogP contribution in [0.25, 0.3) is 16.8 Å². The number of hydrogen-bond acceptors (Lipinski definition) is 4. The van der Waals surface area contributed by atoms with E-state index in [1.54, 1.807) is 0 Å². The summed E-state index contributed by atoms with van der Waals surface area (Å²) in [6.07, 6.45) is 5.22. The second-order valence-electron chi connectivity index (χ2n) is 8.61. The first-order valence-electron chi connectivity index (χ1n) is 11.3. The molecule has 0 saturated heterocycles. The van der Waals surface area contributed by atoms with E-state index in [2.05, 4.69) is 79.4 Å². The summed E-state index contributed by atoms with van der Waals surface area (Å²) in [7, 11) is 5.93. The highest BCUT2D eigenvalue weighted by Gasteiger charge is 2.13. The van der Waals surface area contributed by atoms with Crippen LogP contribution in [0.3, 0.4) is 0 Å². The molecular weight excluding hydrogens is 396 g/mol. The number of fused-ring (bicyclic) bond motifs is 1. The highest BCUT2D eigenvalue weighted by atomic mass is 15.3.